The van der Waals surface area contributed by atoms with Crippen molar-refractivity contribution >= 4 is 0 Å². The van der Waals surface area contributed by atoms with Crippen molar-refractivity contribution in [1.29, 1.82) is 0 Å². The molecule has 0 atom stereocenters. The summed E-state index contributed by atoms with van der Waals surface area (Å²) in [5.74, 6) is 0. The second-order valence-electron chi connectivity index (χ2n) is 1.39. The summed E-state index contributed by atoms with van der Waals surface area (Å²) in [6, 6.07) is 5.26. The molecule has 0 amide bonds. The Morgan fingerprint density at radius 2 is 1.89 bits per heavy atom. The Morgan fingerprint density at radius 3 is 2.44 bits per heavy atom. The van der Waals surface area contributed by atoms with Crippen molar-refractivity contribution in [3.05, 3.63) is 35.5 Å². The maximum absolute atomic E-state index is 9.48. The smallest absolute Gasteiger partial charge is 0.0548 e. The molecule has 0 saturated heterocycles. The predicted molar refractivity (Wildman–Crippen MR) is 29.0 cm³/mol. The molecule has 0 aromatic carbocycles. The van der Waals surface area contributed by atoms with Crippen LogP contribution in [0, 0.1) is 4.91 Å². The van der Waals surface area contributed by atoms with Crippen molar-refractivity contribution in [3.63, 3.8) is 0 Å². The number of nitrogens with zero attached hydrogens (tertiary/aromatic N) is 2. The number of hydrogen-bond donors (Lipinski definition) is 0. The van der Waals surface area contributed by atoms with Crippen molar-refractivity contribution in [2.24, 2.45) is 5.34 Å². The molecule has 0 aliphatic carbocycles. The number of pyridine rings is 1. The fourth-order valence-corrected chi connectivity index (χ4v) is 0.476. The number of aromatic nitrogens is 1. The van der Waals surface area contributed by atoms with Crippen LogP contribution in [0.3, 0.4) is 0 Å². The highest BCUT2D eigenvalue weighted by Gasteiger charge is 1.92. The highest BCUT2D eigenvalue weighted by molar-refractivity contribution is 4.83. The third-order valence-electron chi connectivity index (χ3n) is 0.816. The quantitative estimate of drug-likeness (QED) is 0.319. The highest BCUT2D eigenvalue weighted by atomic mass is 16.8. The lowest BCUT2D eigenvalue weighted by Gasteiger charge is -1.82. The zero-order valence-corrected chi connectivity index (χ0v) is 4.60. The summed E-state index contributed by atoms with van der Waals surface area (Å²) in [5.41, 5.74) is 0. The van der Waals surface area contributed by atoms with E-state index in [9.17, 15) is 4.91 Å². The van der Waals surface area contributed by atoms with Gasteiger partial charge in [0.1, 0.15) is 12.4 Å². The lowest BCUT2D eigenvalue weighted by atomic mass is 10.5. The van der Waals surface area contributed by atoms with Crippen LogP contribution in [0.5, 0.6) is 0 Å². The van der Waals surface area contributed by atoms with Crippen LogP contribution < -0.4 is 9.67 Å². The molecule has 0 aliphatic rings. The lowest BCUT2D eigenvalue weighted by molar-refractivity contribution is -0.894. The lowest BCUT2D eigenvalue weighted by Crippen LogP contribution is -2.38. The molecule has 1 aromatic rings. The first-order chi connectivity index (χ1) is 4.43. The van der Waals surface area contributed by atoms with Crippen molar-refractivity contribution in [3.8, 4) is 0 Å². The molecular formula is C5H5N2O2+. The standard InChI is InChI=1S/C5H5N2O2/c8-6-9-7-4-2-1-3-5-7/h1-5H/q+1. The first-order valence-corrected chi connectivity index (χ1v) is 2.40. The van der Waals surface area contributed by atoms with Gasteiger partial charge >= 0.3 is 5.34 Å². The normalized spacial score (nSPS) is 8.44. The van der Waals surface area contributed by atoms with Crippen molar-refractivity contribution in [2.45, 2.75) is 0 Å². The van der Waals surface area contributed by atoms with E-state index in [4.69, 9.17) is 0 Å². The van der Waals surface area contributed by atoms with Crippen molar-refractivity contribution in [1.82, 2.24) is 0 Å². The maximum atomic E-state index is 9.48. The van der Waals surface area contributed by atoms with E-state index in [0.29, 0.717) is 0 Å². The summed E-state index contributed by atoms with van der Waals surface area (Å²) < 4.78 is 1.20. The Bertz CT molecular complexity index is 187. The highest BCUT2D eigenvalue weighted by Crippen LogP contribution is 1.73. The second kappa shape index (κ2) is 2.76. The molecule has 0 radical (unpaired) electrons. The zero-order valence-electron chi connectivity index (χ0n) is 4.60. The predicted octanol–water partition coefficient (Wildman–Crippen LogP) is 0.0841. The molecule has 46 valence electrons. The first kappa shape index (κ1) is 5.68. The summed E-state index contributed by atoms with van der Waals surface area (Å²) in [6.07, 6.45) is 3.14. The largest absolute Gasteiger partial charge is 0.431 e. The Kier molecular flexibility index (Phi) is 1.74. The van der Waals surface area contributed by atoms with Crippen molar-refractivity contribution < 1.29 is 9.67 Å². The van der Waals surface area contributed by atoms with Gasteiger partial charge in [0, 0.05) is 4.91 Å². The van der Waals surface area contributed by atoms with Gasteiger partial charge in [-0.25, -0.2) is 0 Å². The molecule has 1 heterocycles. The molecule has 1 rings (SSSR count). The molecule has 4 nitrogen and oxygen atoms in total. The van der Waals surface area contributed by atoms with E-state index in [2.05, 4.69) is 10.3 Å². The fourth-order valence-electron chi connectivity index (χ4n) is 0.476. The van der Waals surface area contributed by atoms with E-state index in [0.717, 1.165) is 0 Å². The third kappa shape index (κ3) is 1.49. The van der Waals surface area contributed by atoms with Gasteiger partial charge in [0.25, 0.3) is 0 Å². The van der Waals surface area contributed by atoms with Gasteiger partial charge in [0.05, 0.1) is 0 Å². The van der Waals surface area contributed by atoms with Gasteiger partial charge in [-0.2, -0.15) is 0 Å². The molecule has 4 heteroatoms. The summed E-state index contributed by atoms with van der Waals surface area (Å²) in [7, 11) is 0. The minimum absolute atomic E-state index is 1.20. The van der Waals surface area contributed by atoms with Gasteiger partial charge < -0.3 is 0 Å². The first-order valence-electron chi connectivity index (χ1n) is 2.40. The Labute approximate surface area is 51.6 Å². The van der Waals surface area contributed by atoms with Gasteiger partial charge in [-0.15, -0.1) is 0 Å². The average Bonchev–Trinajstić information content (AvgIpc) is 1.91. The van der Waals surface area contributed by atoms with Crippen LogP contribution in [0.15, 0.2) is 35.9 Å². The maximum Gasteiger partial charge on any atom is 0.431 e. The molecule has 0 N–H and O–H groups in total. The Hall–Kier alpha value is -1.45. The van der Waals surface area contributed by atoms with Crippen LogP contribution in [0.2, 0.25) is 0 Å². The molecule has 0 bridgehead atoms. The van der Waals surface area contributed by atoms with E-state index in [1.807, 2.05) is 6.07 Å². The summed E-state index contributed by atoms with van der Waals surface area (Å²) in [4.78, 5) is 13.7. The van der Waals surface area contributed by atoms with Crippen LogP contribution in [-0.2, 0) is 0 Å². The molecule has 0 aliphatic heterocycles. The third-order valence-corrected chi connectivity index (χ3v) is 0.816. The SMILES string of the molecule is O=NO[n+]1ccccc1. The number of hydrogen-bond acceptors (Lipinski definition) is 3. The Morgan fingerprint density at radius 1 is 1.22 bits per heavy atom. The van der Waals surface area contributed by atoms with E-state index < -0.39 is 0 Å². The van der Waals surface area contributed by atoms with Gasteiger partial charge in [0.2, 0.25) is 0 Å². The zero-order chi connectivity index (χ0) is 6.53. The molecule has 0 fully saturated rings. The minimum atomic E-state index is 1.20. The van der Waals surface area contributed by atoms with E-state index in [1.54, 1.807) is 24.5 Å². The summed E-state index contributed by atoms with van der Waals surface area (Å²) in [6.45, 7) is 0. The van der Waals surface area contributed by atoms with E-state index in [1.165, 1.54) is 4.73 Å². The van der Waals surface area contributed by atoms with Gasteiger partial charge in [-0.1, -0.05) is 6.07 Å². The Balaban J connectivity index is 2.72. The molecule has 0 unspecified atom stereocenters. The second-order valence-corrected chi connectivity index (χ2v) is 1.39. The van der Waals surface area contributed by atoms with Crippen LogP contribution in [0.4, 0.5) is 0 Å². The topological polar surface area (TPSA) is 42.5 Å². The van der Waals surface area contributed by atoms with Gasteiger partial charge in [0.15, 0.2) is 0 Å². The van der Waals surface area contributed by atoms with Gasteiger partial charge in [-0.05, 0) is 21.8 Å². The van der Waals surface area contributed by atoms with Gasteiger partial charge in [-0.3, -0.25) is 0 Å². The molecular weight excluding hydrogens is 120 g/mol. The molecule has 0 saturated carbocycles. The number of rotatable bonds is 2. The van der Waals surface area contributed by atoms with Crippen molar-refractivity contribution in [2.75, 3.05) is 0 Å². The van der Waals surface area contributed by atoms with Crippen LogP contribution in [0.1, 0.15) is 0 Å². The van der Waals surface area contributed by atoms with Crippen LogP contribution in [0.25, 0.3) is 0 Å². The monoisotopic (exact) mass is 125 g/mol. The molecule has 9 heavy (non-hydrogen) atoms. The minimum Gasteiger partial charge on any atom is -0.0548 e. The summed E-state index contributed by atoms with van der Waals surface area (Å²) in [5, 5.41) is 2.22. The van der Waals surface area contributed by atoms with Crippen LogP contribution in [-0.4, -0.2) is 0 Å². The molecule has 0 spiro atoms. The van der Waals surface area contributed by atoms with E-state index in [-0.39, 0.29) is 0 Å². The summed E-state index contributed by atoms with van der Waals surface area (Å²) >= 11 is 0. The van der Waals surface area contributed by atoms with E-state index >= 15 is 0 Å². The average molecular weight is 125 g/mol. The fraction of sp³-hybridized carbons (Fsp3) is 0. The molecule has 1 aromatic heterocycles. The van der Waals surface area contributed by atoms with Crippen LogP contribution >= 0.6 is 0 Å².